The molecule has 3 N–H and O–H groups in total. The summed E-state index contributed by atoms with van der Waals surface area (Å²) < 4.78 is 5.54. The summed E-state index contributed by atoms with van der Waals surface area (Å²) >= 11 is 1.41. The second kappa shape index (κ2) is 7.74. The van der Waals surface area contributed by atoms with Gasteiger partial charge in [-0.25, -0.2) is 0 Å². The molecule has 1 heterocycles. The van der Waals surface area contributed by atoms with Crippen molar-refractivity contribution in [3.8, 4) is 5.75 Å². The SMILES string of the molecule is CC(C)c1nnc(NC(=O)CCCOc2ccccc2N)s1. The lowest BCUT2D eigenvalue weighted by atomic mass is 10.2. The number of carbonyl (C=O) groups is 1. The third-order valence-corrected chi connectivity index (χ3v) is 4.04. The van der Waals surface area contributed by atoms with Gasteiger partial charge in [0.25, 0.3) is 0 Å². The van der Waals surface area contributed by atoms with Crippen LogP contribution in [-0.4, -0.2) is 22.7 Å². The van der Waals surface area contributed by atoms with Gasteiger partial charge in [-0.1, -0.05) is 37.3 Å². The van der Waals surface area contributed by atoms with Crippen molar-refractivity contribution in [3.05, 3.63) is 29.3 Å². The summed E-state index contributed by atoms with van der Waals surface area (Å²) in [5.41, 5.74) is 6.37. The van der Waals surface area contributed by atoms with E-state index < -0.39 is 0 Å². The van der Waals surface area contributed by atoms with Crippen LogP contribution in [0.4, 0.5) is 10.8 Å². The summed E-state index contributed by atoms with van der Waals surface area (Å²) in [4.78, 5) is 11.8. The molecule has 0 fully saturated rings. The summed E-state index contributed by atoms with van der Waals surface area (Å²) in [7, 11) is 0. The normalized spacial score (nSPS) is 10.7. The Morgan fingerprint density at radius 2 is 2.14 bits per heavy atom. The number of benzene rings is 1. The van der Waals surface area contributed by atoms with Gasteiger partial charge in [-0.2, -0.15) is 0 Å². The molecule has 7 heteroatoms. The van der Waals surface area contributed by atoms with E-state index in [0.29, 0.717) is 41.9 Å². The molecule has 6 nitrogen and oxygen atoms in total. The molecule has 2 aromatic rings. The van der Waals surface area contributed by atoms with E-state index in [1.165, 1.54) is 11.3 Å². The number of nitrogens with two attached hydrogens (primary N) is 1. The number of nitrogen functional groups attached to an aromatic ring is 1. The summed E-state index contributed by atoms with van der Waals surface area (Å²) in [6, 6.07) is 7.30. The second-order valence-corrected chi connectivity index (χ2v) is 6.15. The van der Waals surface area contributed by atoms with E-state index in [9.17, 15) is 4.79 Å². The Labute approximate surface area is 133 Å². The first kappa shape index (κ1) is 16.2. The zero-order chi connectivity index (χ0) is 15.9. The number of rotatable bonds is 7. The molecule has 1 amide bonds. The van der Waals surface area contributed by atoms with E-state index >= 15 is 0 Å². The highest BCUT2D eigenvalue weighted by molar-refractivity contribution is 7.15. The van der Waals surface area contributed by atoms with E-state index in [2.05, 4.69) is 15.5 Å². The van der Waals surface area contributed by atoms with Crippen LogP contribution in [-0.2, 0) is 4.79 Å². The molecular formula is C15H20N4O2S. The molecule has 1 aromatic heterocycles. The average molecular weight is 320 g/mol. The van der Waals surface area contributed by atoms with E-state index in [4.69, 9.17) is 10.5 Å². The number of amides is 1. The molecular weight excluding hydrogens is 300 g/mol. The fourth-order valence-electron chi connectivity index (χ4n) is 1.73. The van der Waals surface area contributed by atoms with Gasteiger partial charge in [0.05, 0.1) is 12.3 Å². The van der Waals surface area contributed by atoms with Gasteiger partial charge in [0, 0.05) is 12.3 Å². The minimum atomic E-state index is -0.0870. The fourth-order valence-corrected chi connectivity index (χ4v) is 2.49. The molecule has 0 radical (unpaired) electrons. The topological polar surface area (TPSA) is 90.1 Å². The quantitative estimate of drug-likeness (QED) is 0.604. The van der Waals surface area contributed by atoms with Crippen molar-refractivity contribution in [2.45, 2.75) is 32.6 Å². The van der Waals surface area contributed by atoms with Crippen LogP contribution in [0.15, 0.2) is 24.3 Å². The van der Waals surface area contributed by atoms with Crippen molar-refractivity contribution < 1.29 is 9.53 Å². The third-order valence-electron chi connectivity index (χ3n) is 2.91. The molecule has 0 aliphatic carbocycles. The predicted octanol–water partition coefficient (Wildman–Crippen LogP) is 3.04. The largest absolute Gasteiger partial charge is 0.491 e. The molecule has 0 saturated carbocycles. The maximum atomic E-state index is 11.8. The maximum absolute atomic E-state index is 11.8. The van der Waals surface area contributed by atoms with Gasteiger partial charge in [-0.3, -0.25) is 4.79 Å². The first-order chi connectivity index (χ1) is 10.6. The molecule has 0 bridgehead atoms. The van der Waals surface area contributed by atoms with Crippen LogP contribution < -0.4 is 15.8 Å². The summed E-state index contributed by atoms with van der Waals surface area (Å²) in [5, 5.41) is 12.2. The van der Waals surface area contributed by atoms with Gasteiger partial charge >= 0.3 is 0 Å². The number of anilines is 2. The monoisotopic (exact) mass is 320 g/mol. The van der Waals surface area contributed by atoms with E-state index in [1.807, 2.05) is 32.0 Å². The van der Waals surface area contributed by atoms with Crippen LogP contribution in [0.25, 0.3) is 0 Å². The van der Waals surface area contributed by atoms with Crippen LogP contribution in [0.2, 0.25) is 0 Å². The summed E-state index contributed by atoms with van der Waals surface area (Å²) in [5.74, 6) is 0.873. The molecule has 0 aliphatic rings. The summed E-state index contributed by atoms with van der Waals surface area (Å²) in [6.45, 7) is 4.52. The summed E-state index contributed by atoms with van der Waals surface area (Å²) in [6.07, 6.45) is 0.972. The highest BCUT2D eigenvalue weighted by atomic mass is 32.1. The number of nitrogens with zero attached hydrogens (tertiary/aromatic N) is 2. The van der Waals surface area contributed by atoms with Gasteiger partial charge in [-0.05, 0) is 18.6 Å². The van der Waals surface area contributed by atoms with Gasteiger partial charge < -0.3 is 15.8 Å². The molecule has 0 spiro atoms. The molecule has 2 rings (SSSR count). The molecule has 0 unspecified atom stereocenters. The van der Waals surface area contributed by atoms with E-state index in [1.54, 1.807) is 6.07 Å². The second-order valence-electron chi connectivity index (χ2n) is 5.14. The van der Waals surface area contributed by atoms with Crippen LogP contribution in [0.3, 0.4) is 0 Å². The van der Waals surface area contributed by atoms with Gasteiger partial charge in [0.1, 0.15) is 10.8 Å². The van der Waals surface area contributed by atoms with Crippen molar-refractivity contribution in [1.29, 1.82) is 0 Å². The highest BCUT2D eigenvalue weighted by Gasteiger charge is 2.10. The molecule has 1 aromatic carbocycles. The third kappa shape index (κ3) is 4.70. The lowest BCUT2D eigenvalue weighted by Gasteiger charge is -2.08. The Kier molecular flexibility index (Phi) is 5.71. The van der Waals surface area contributed by atoms with E-state index in [-0.39, 0.29) is 5.91 Å². The smallest absolute Gasteiger partial charge is 0.226 e. The number of carbonyl (C=O) groups excluding carboxylic acids is 1. The standard InChI is InChI=1S/C15H20N4O2S/c1-10(2)14-18-19-15(22-14)17-13(20)8-5-9-21-12-7-4-3-6-11(12)16/h3-4,6-7,10H,5,8-9,16H2,1-2H3,(H,17,19,20). The molecule has 0 atom stereocenters. The molecule has 0 saturated heterocycles. The Balaban J connectivity index is 1.70. The lowest BCUT2D eigenvalue weighted by Crippen LogP contribution is -2.12. The Morgan fingerprint density at radius 3 is 2.82 bits per heavy atom. The van der Waals surface area contributed by atoms with Crippen molar-refractivity contribution in [2.75, 3.05) is 17.7 Å². The van der Waals surface area contributed by atoms with Crippen molar-refractivity contribution in [1.82, 2.24) is 10.2 Å². The molecule has 22 heavy (non-hydrogen) atoms. The Bertz CT molecular complexity index is 628. The first-order valence-electron chi connectivity index (χ1n) is 7.17. The first-order valence-corrected chi connectivity index (χ1v) is 7.98. The number of aromatic nitrogens is 2. The zero-order valence-corrected chi connectivity index (χ0v) is 13.5. The fraction of sp³-hybridized carbons (Fsp3) is 0.400. The maximum Gasteiger partial charge on any atom is 0.226 e. The van der Waals surface area contributed by atoms with Crippen molar-refractivity contribution in [2.24, 2.45) is 0 Å². The van der Waals surface area contributed by atoms with Crippen LogP contribution in [0.5, 0.6) is 5.75 Å². The number of nitrogens with one attached hydrogen (secondary N) is 1. The van der Waals surface area contributed by atoms with Crippen molar-refractivity contribution >= 4 is 28.1 Å². The average Bonchev–Trinajstić information content (AvgIpc) is 2.94. The van der Waals surface area contributed by atoms with Crippen LogP contribution >= 0.6 is 11.3 Å². The minimum Gasteiger partial charge on any atom is -0.491 e. The minimum absolute atomic E-state index is 0.0870. The Morgan fingerprint density at radius 1 is 1.36 bits per heavy atom. The number of ether oxygens (including phenoxy) is 1. The number of hydrogen-bond acceptors (Lipinski definition) is 6. The Hall–Kier alpha value is -2.15. The van der Waals surface area contributed by atoms with E-state index in [0.717, 1.165) is 5.01 Å². The van der Waals surface area contributed by atoms with Gasteiger partial charge in [0.15, 0.2) is 0 Å². The molecule has 0 aliphatic heterocycles. The van der Waals surface area contributed by atoms with Crippen LogP contribution in [0, 0.1) is 0 Å². The number of hydrogen-bond donors (Lipinski definition) is 2. The van der Waals surface area contributed by atoms with Gasteiger partial charge in [0.2, 0.25) is 11.0 Å². The van der Waals surface area contributed by atoms with Crippen molar-refractivity contribution in [3.63, 3.8) is 0 Å². The zero-order valence-electron chi connectivity index (χ0n) is 12.7. The van der Waals surface area contributed by atoms with Gasteiger partial charge in [-0.15, -0.1) is 10.2 Å². The molecule has 118 valence electrons. The number of para-hydroxylation sites is 2. The van der Waals surface area contributed by atoms with Crippen LogP contribution in [0.1, 0.15) is 37.6 Å². The predicted molar refractivity (Wildman–Crippen MR) is 88.2 cm³/mol. The highest BCUT2D eigenvalue weighted by Crippen LogP contribution is 2.22. The lowest BCUT2D eigenvalue weighted by molar-refractivity contribution is -0.116.